The van der Waals surface area contributed by atoms with Gasteiger partial charge in [-0.15, -0.1) is 0 Å². The minimum atomic E-state index is -0.305. The molecular weight excluding hydrogens is 354 g/mol. The summed E-state index contributed by atoms with van der Waals surface area (Å²) in [5.74, 6) is 1.37. The second kappa shape index (κ2) is 5.87. The van der Waals surface area contributed by atoms with E-state index in [0.29, 0.717) is 29.7 Å². The molecule has 110 valence electrons. The second-order valence-electron chi connectivity index (χ2n) is 5.00. The van der Waals surface area contributed by atoms with Crippen molar-refractivity contribution in [3.8, 4) is 11.5 Å². The standard InChI is InChI=1S/C16H15BrClNO2/c1-9-6-10(2-3-12(9)17)16(19)11-7-14-15(8-13(11)18)21-5-4-20-14/h2-3,6-8,16H,4-5,19H2,1H3. The molecule has 1 heterocycles. The summed E-state index contributed by atoms with van der Waals surface area (Å²) in [6.07, 6.45) is 0. The number of nitrogens with two attached hydrogens (primary N) is 1. The predicted molar refractivity (Wildman–Crippen MR) is 87.4 cm³/mol. The van der Waals surface area contributed by atoms with Gasteiger partial charge in [0, 0.05) is 15.6 Å². The molecule has 2 aromatic rings. The van der Waals surface area contributed by atoms with Gasteiger partial charge in [-0.2, -0.15) is 0 Å². The van der Waals surface area contributed by atoms with E-state index in [4.69, 9.17) is 26.8 Å². The minimum Gasteiger partial charge on any atom is -0.486 e. The molecule has 2 aromatic carbocycles. The van der Waals surface area contributed by atoms with Crippen LogP contribution in [0.25, 0.3) is 0 Å². The van der Waals surface area contributed by atoms with Gasteiger partial charge in [0.25, 0.3) is 0 Å². The maximum absolute atomic E-state index is 6.37. The molecule has 0 saturated carbocycles. The van der Waals surface area contributed by atoms with E-state index in [-0.39, 0.29) is 6.04 Å². The van der Waals surface area contributed by atoms with Crippen LogP contribution < -0.4 is 15.2 Å². The fourth-order valence-corrected chi connectivity index (χ4v) is 2.88. The molecule has 0 radical (unpaired) electrons. The molecule has 2 N–H and O–H groups in total. The molecular formula is C16H15BrClNO2. The van der Waals surface area contributed by atoms with Crippen LogP contribution in [0.1, 0.15) is 22.7 Å². The third kappa shape index (κ3) is 2.89. The van der Waals surface area contributed by atoms with E-state index in [9.17, 15) is 0 Å². The first-order valence-corrected chi connectivity index (χ1v) is 7.84. The van der Waals surface area contributed by atoms with Crippen molar-refractivity contribution >= 4 is 27.5 Å². The summed E-state index contributed by atoms with van der Waals surface area (Å²) in [5, 5.41) is 0.590. The number of hydrogen-bond acceptors (Lipinski definition) is 3. The van der Waals surface area contributed by atoms with Crippen molar-refractivity contribution < 1.29 is 9.47 Å². The van der Waals surface area contributed by atoms with Crippen LogP contribution >= 0.6 is 27.5 Å². The summed E-state index contributed by atoms with van der Waals surface area (Å²) < 4.78 is 12.2. The number of benzene rings is 2. The zero-order valence-corrected chi connectivity index (χ0v) is 13.9. The van der Waals surface area contributed by atoms with Gasteiger partial charge in [-0.25, -0.2) is 0 Å². The van der Waals surface area contributed by atoms with Crippen LogP contribution in [0.3, 0.4) is 0 Å². The van der Waals surface area contributed by atoms with E-state index in [2.05, 4.69) is 22.0 Å². The Bertz CT molecular complexity index is 690. The van der Waals surface area contributed by atoms with Crippen LogP contribution in [0.15, 0.2) is 34.8 Å². The average Bonchev–Trinajstić information content (AvgIpc) is 2.48. The highest BCUT2D eigenvalue weighted by atomic mass is 79.9. The first kappa shape index (κ1) is 14.7. The first-order valence-electron chi connectivity index (χ1n) is 6.67. The van der Waals surface area contributed by atoms with Crippen molar-refractivity contribution in [3.05, 3.63) is 56.5 Å². The largest absolute Gasteiger partial charge is 0.486 e. The summed E-state index contributed by atoms with van der Waals surface area (Å²) in [6.45, 7) is 3.12. The molecule has 1 aliphatic heterocycles. The van der Waals surface area contributed by atoms with Gasteiger partial charge < -0.3 is 15.2 Å². The Morgan fingerprint density at radius 1 is 1.14 bits per heavy atom. The van der Waals surface area contributed by atoms with Gasteiger partial charge in [-0.1, -0.05) is 39.7 Å². The monoisotopic (exact) mass is 367 g/mol. The maximum atomic E-state index is 6.37. The average molecular weight is 369 g/mol. The SMILES string of the molecule is Cc1cc(C(N)c2cc3c(cc2Cl)OCCO3)ccc1Br. The molecule has 0 aliphatic carbocycles. The number of ether oxygens (including phenoxy) is 2. The summed E-state index contributed by atoms with van der Waals surface area (Å²) in [6, 6.07) is 9.39. The summed E-state index contributed by atoms with van der Waals surface area (Å²) in [5.41, 5.74) is 9.35. The van der Waals surface area contributed by atoms with Crippen molar-refractivity contribution in [2.45, 2.75) is 13.0 Å². The summed E-state index contributed by atoms with van der Waals surface area (Å²) in [7, 11) is 0. The highest BCUT2D eigenvalue weighted by Crippen LogP contribution is 2.38. The summed E-state index contributed by atoms with van der Waals surface area (Å²) >= 11 is 9.85. The Balaban J connectivity index is 2.00. The lowest BCUT2D eigenvalue weighted by Gasteiger charge is -2.22. The van der Waals surface area contributed by atoms with Crippen molar-refractivity contribution in [1.29, 1.82) is 0 Å². The van der Waals surface area contributed by atoms with Crippen LogP contribution in [0, 0.1) is 6.92 Å². The van der Waals surface area contributed by atoms with Crippen molar-refractivity contribution in [3.63, 3.8) is 0 Å². The van der Waals surface area contributed by atoms with Crippen LogP contribution in [-0.4, -0.2) is 13.2 Å². The van der Waals surface area contributed by atoms with Crippen LogP contribution in [0.2, 0.25) is 5.02 Å². The van der Waals surface area contributed by atoms with E-state index < -0.39 is 0 Å². The Labute approximate surface area is 137 Å². The highest BCUT2D eigenvalue weighted by Gasteiger charge is 2.19. The number of rotatable bonds is 2. The number of halogens is 2. The molecule has 1 unspecified atom stereocenters. The maximum Gasteiger partial charge on any atom is 0.162 e. The zero-order valence-electron chi connectivity index (χ0n) is 11.5. The van der Waals surface area contributed by atoms with E-state index in [1.54, 1.807) is 6.07 Å². The van der Waals surface area contributed by atoms with Gasteiger partial charge in [0.05, 0.1) is 6.04 Å². The van der Waals surface area contributed by atoms with Crippen molar-refractivity contribution in [2.75, 3.05) is 13.2 Å². The third-order valence-corrected chi connectivity index (χ3v) is 4.75. The molecule has 0 aromatic heterocycles. The van der Waals surface area contributed by atoms with E-state index >= 15 is 0 Å². The first-order chi connectivity index (χ1) is 10.1. The lowest BCUT2D eigenvalue weighted by Crippen LogP contribution is -2.17. The number of fused-ring (bicyclic) bond motifs is 1. The normalized spacial score (nSPS) is 14.9. The molecule has 3 rings (SSSR count). The minimum absolute atomic E-state index is 0.305. The third-order valence-electron chi connectivity index (χ3n) is 3.54. The summed E-state index contributed by atoms with van der Waals surface area (Å²) in [4.78, 5) is 0. The molecule has 0 spiro atoms. The molecule has 0 saturated heterocycles. The van der Waals surface area contributed by atoms with Gasteiger partial charge in [-0.3, -0.25) is 0 Å². The molecule has 5 heteroatoms. The van der Waals surface area contributed by atoms with Gasteiger partial charge in [-0.05, 0) is 35.7 Å². The zero-order chi connectivity index (χ0) is 15.0. The highest BCUT2D eigenvalue weighted by molar-refractivity contribution is 9.10. The van der Waals surface area contributed by atoms with Crippen LogP contribution in [0.5, 0.6) is 11.5 Å². The molecule has 1 atom stereocenters. The van der Waals surface area contributed by atoms with Gasteiger partial charge in [0.1, 0.15) is 13.2 Å². The fourth-order valence-electron chi connectivity index (χ4n) is 2.36. The molecule has 0 bridgehead atoms. The molecule has 0 fully saturated rings. The van der Waals surface area contributed by atoms with Crippen molar-refractivity contribution in [1.82, 2.24) is 0 Å². The predicted octanol–water partition coefficient (Wildman–Crippen LogP) is 4.23. The lowest BCUT2D eigenvalue weighted by atomic mass is 9.97. The van der Waals surface area contributed by atoms with Crippen LogP contribution in [-0.2, 0) is 0 Å². The van der Waals surface area contributed by atoms with Gasteiger partial charge in [0.15, 0.2) is 11.5 Å². The molecule has 21 heavy (non-hydrogen) atoms. The smallest absolute Gasteiger partial charge is 0.162 e. The Hall–Kier alpha value is -1.23. The van der Waals surface area contributed by atoms with E-state index in [0.717, 1.165) is 21.2 Å². The van der Waals surface area contributed by atoms with Crippen LogP contribution in [0.4, 0.5) is 0 Å². The van der Waals surface area contributed by atoms with E-state index in [1.807, 2.05) is 25.1 Å². The second-order valence-corrected chi connectivity index (χ2v) is 6.27. The molecule has 1 aliphatic rings. The number of hydrogen-bond donors (Lipinski definition) is 1. The van der Waals surface area contributed by atoms with Gasteiger partial charge in [0.2, 0.25) is 0 Å². The Morgan fingerprint density at radius 3 is 2.48 bits per heavy atom. The van der Waals surface area contributed by atoms with Crippen molar-refractivity contribution in [2.24, 2.45) is 5.73 Å². The molecule has 3 nitrogen and oxygen atoms in total. The molecule has 0 amide bonds. The Morgan fingerprint density at radius 2 is 1.81 bits per heavy atom. The quantitative estimate of drug-likeness (QED) is 0.862. The van der Waals surface area contributed by atoms with Gasteiger partial charge >= 0.3 is 0 Å². The topological polar surface area (TPSA) is 44.5 Å². The van der Waals surface area contributed by atoms with E-state index in [1.165, 1.54) is 0 Å². The Kier molecular flexibility index (Phi) is 4.11. The number of aryl methyl sites for hydroxylation is 1. The fraction of sp³-hybridized carbons (Fsp3) is 0.250. The lowest BCUT2D eigenvalue weighted by molar-refractivity contribution is 0.171.